The molecule has 0 radical (unpaired) electrons. The minimum atomic E-state index is 0.405. The summed E-state index contributed by atoms with van der Waals surface area (Å²) < 4.78 is 5.72. The van der Waals surface area contributed by atoms with Crippen molar-refractivity contribution in [1.82, 2.24) is 0 Å². The third-order valence-corrected chi connectivity index (χ3v) is 2.76. The van der Waals surface area contributed by atoms with E-state index < -0.39 is 0 Å². The molecule has 0 aromatic heterocycles. The summed E-state index contributed by atoms with van der Waals surface area (Å²) in [7, 11) is 0. The molecule has 0 fully saturated rings. The van der Waals surface area contributed by atoms with E-state index in [1.807, 2.05) is 37.3 Å². The fourth-order valence-corrected chi connectivity index (χ4v) is 1.65. The van der Waals surface area contributed by atoms with Crippen LogP contribution in [0, 0.1) is 18.3 Å². The lowest BCUT2D eigenvalue weighted by molar-refractivity contribution is 0.304. The highest BCUT2D eigenvalue weighted by molar-refractivity contribution is 5.47. The molecule has 0 aliphatic carbocycles. The fourth-order valence-electron chi connectivity index (χ4n) is 1.65. The van der Waals surface area contributed by atoms with Gasteiger partial charge in [-0.1, -0.05) is 24.3 Å². The van der Waals surface area contributed by atoms with Gasteiger partial charge in [0.15, 0.2) is 0 Å². The van der Waals surface area contributed by atoms with Gasteiger partial charge in [0.1, 0.15) is 12.4 Å². The number of rotatable bonds is 3. The van der Waals surface area contributed by atoms with E-state index in [2.05, 4.69) is 6.07 Å². The number of hydrogen-bond donors (Lipinski definition) is 1. The van der Waals surface area contributed by atoms with Crippen LogP contribution in [0.5, 0.6) is 5.75 Å². The van der Waals surface area contributed by atoms with E-state index in [0.717, 1.165) is 16.9 Å². The van der Waals surface area contributed by atoms with Gasteiger partial charge in [0, 0.05) is 11.3 Å². The van der Waals surface area contributed by atoms with Crippen molar-refractivity contribution in [3.8, 4) is 11.8 Å². The van der Waals surface area contributed by atoms with Crippen LogP contribution in [0.3, 0.4) is 0 Å². The SMILES string of the molecule is Cc1ccc(C#N)cc1OCc1ccccc1N. The molecule has 0 heterocycles. The third kappa shape index (κ3) is 2.61. The van der Waals surface area contributed by atoms with Crippen molar-refractivity contribution in [2.45, 2.75) is 13.5 Å². The van der Waals surface area contributed by atoms with Gasteiger partial charge in [-0.3, -0.25) is 0 Å². The Balaban J connectivity index is 2.16. The van der Waals surface area contributed by atoms with Crippen LogP contribution in [0.25, 0.3) is 0 Å². The second-order valence-electron chi connectivity index (χ2n) is 4.08. The normalized spacial score (nSPS) is 9.78. The Morgan fingerprint density at radius 1 is 1.22 bits per heavy atom. The summed E-state index contributed by atoms with van der Waals surface area (Å²) in [5, 5.41) is 8.86. The van der Waals surface area contributed by atoms with E-state index in [1.54, 1.807) is 12.1 Å². The Morgan fingerprint density at radius 2 is 2.00 bits per heavy atom. The van der Waals surface area contributed by atoms with Gasteiger partial charge in [-0.15, -0.1) is 0 Å². The Kier molecular flexibility index (Phi) is 3.49. The lowest BCUT2D eigenvalue weighted by atomic mass is 10.1. The van der Waals surface area contributed by atoms with E-state index in [4.69, 9.17) is 15.7 Å². The predicted molar refractivity (Wildman–Crippen MR) is 71.1 cm³/mol. The lowest BCUT2D eigenvalue weighted by Gasteiger charge is -2.10. The molecule has 0 aliphatic rings. The molecular formula is C15H14N2O. The molecule has 0 bridgehead atoms. The summed E-state index contributed by atoms with van der Waals surface area (Å²) in [4.78, 5) is 0. The van der Waals surface area contributed by atoms with Crippen molar-refractivity contribution in [3.05, 3.63) is 59.2 Å². The van der Waals surface area contributed by atoms with E-state index in [0.29, 0.717) is 17.9 Å². The Bertz CT molecular complexity index is 600. The largest absolute Gasteiger partial charge is 0.489 e. The molecule has 3 nitrogen and oxygen atoms in total. The minimum absolute atomic E-state index is 0.405. The van der Waals surface area contributed by atoms with E-state index >= 15 is 0 Å². The van der Waals surface area contributed by atoms with Crippen LogP contribution in [0.4, 0.5) is 5.69 Å². The molecule has 2 N–H and O–H groups in total. The number of benzene rings is 2. The third-order valence-electron chi connectivity index (χ3n) is 2.76. The van der Waals surface area contributed by atoms with Crippen molar-refractivity contribution < 1.29 is 4.74 Å². The number of nitrogens with zero attached hydrogens (tertiary/aromatic N) is 1. The van der Waals surface area contributed by atoms with E-state index in [9.17, 15) is 0 Å². The van der Waals surface area contributed by atoms with Crippen molar-refractivity contribution in [2.24, 2.45) is 0 Å². The first kappa shape index (κ1) is 12.0. The van der Waals surface area contributed by atoms with Crippen LogP contribution in [0.1, 0.15) is 16.7 Å². The van der Waals surface area contributed by atoms with Crippen LogP contribution >= 0.6 is 0 Å². The number of ether oxygens (including phenoxy) is 1. The second kappa shape index (κ2) is 5.24. The zero-order valence-electron chi connectivity index (χ0n) is 10.2. The number of nitrogen functional groups attached to an aromatic ring is 1. The number of anilines is 1. The molecule has 2 aromatic carbocycles. The van der Waals surface area contributed by atoms with Crippen molar-refractivity contribution in [1.29, 1.82) is 5.26 Å². The maximum Gasteiger partial charge on any atom is 0.124 e. The number of nitriles is 1. The average molecular weight is 238 g/mol. The summed E-state index contributed by atoms with van der Waals surface area (Å²) in [5.41, 5.74) is 9.10. The monoisotopic (exact) mass is 238 g/mol. The summed E-state index contributed by atoms with van der Waals surface area (Å²) in [5.74, 6) is 0.720. The Hall–Kier alpha value is -2.47. The van der Waals surface area contributed by atoms with E-state index in [1.165, 1.54) is 0 Å². The summed E-state index contributed by atoms with van der Waals surface area (Å²) in [6.07, 6.45) is 0. The van der Waals surface area contributed by atoms with Gasteiger partial charge < -0.3 is 10.5 Å². The number of nitrogens with two attached hydrogens (primary N) is 1. The van der Waals surface area contributed by atoms with E-state index in [-0.39, 0.29) is 0 Å². The highest BCUT2D eigenvalue weighted by atomic mass is 16.5. The molecule has 0 spiro atoms. The standard InChI is InChI=1S/C15H14N2O/c1-11-6-7-12(9-16)8-15(11)18-10-13-4-2-3-5-14(13)17/h2-8H,10,17H2,1H3. The topological polar surface area (TPSA) is 59.0 Å². The zero-order chi connectivity index (χ0) is 13.0. The van der Waals surface area contributed by atoms with Crippen LogP contribution < -0.4 is 10.5 Å². The maximum atomic E-state index is 8.86. The molecule has 0 amide bonds. The molecule has 0 saturated heterocycles. The van der Waals surface area contributed by atoms with Gasteiger partial charge in [-0.25, -0.2) is 0 Å². The highest BCUT2D eigenvalue weighted by Crippen LogP contribution is 2.21. The van der Waals surface area contributed by atoms with Gasteiger partial charge in [0.05, 0.1) is 11.6 Å². The summed E-state index contributed by atoms with van der Waals surface area (Å²) in [6.45, 7) is 2.35. The average Bonchev–Trinajstić information content (AvgIpc) is 2.39. The van der Waals surface area contributed by atoms with Crippen LogP contribution in [0.2, 0.25) is 0 Å². The summed E-state index contributed by atoms with van der Waals surface area (Å²) in [6, 6.07) is 15.1. The molecule has 3 heteroatoms. The Labute approximate surface area is 106 Å². The molecule has 0 unspecified atom stereocenters. The first-order valence-corrected chi connectivity index (χ1v) is 5.67. The van der Waals surface area contributed by atoms with Gasteiger partial charge in [-0.2, -0.15) is 5.26 Å². The van der Waals surface area contributed by atoms with Gasteiger partial charge >= 0.3 is 0 Å². The zero-order valence-corrected chi connectivity index (χ0v) is 10.2. The highest BCUT2D eigenvalue weighted by Gasteiger charge is 2.03. The molecule has 2 rings (SSSR count). The predicted octanol–water partition coefficient (Wildman–Crippen LogP) is 3.03. The van der Waals surface area contributed by atoms with Gasteiger partial charge in [0.2, 0.25) is 0 Å². The molecule has 90 valence electrons. The van der Waals surface area contributed by atoms with Crippen molar-refractivity contribution in [2.75, 3.05) is 5.73 Å². The van der Waals surface area contributed by atoms with Gasteiger partial charge in [-0.05, 0) is 30.7 Å². The fraction of sp³-hybridized carbons (Fsp3) is 0.133. The second-order valence-corrected chi connectivity index (χ2v) is 4.08. The first-order chi connectivity index (χ1) is 8.70. The van der Waals surface area contributed by atoms with Crippen LogP contribution in [-0.4, -0.2) is 0 Å². The molecule has 18 heavy (non-hydrogen) atoms. The molecule has 0 saturated carbocycles. The maximum absolute atomic E-state index is 8.86. The molecule has 0 atom stereocenters. The van der Waals surface area contributed by atoms with Crippen LogP contribution in [0.15, 0.2) is 42.5 Å². The Morgan fingerprint density at radius 3 is 2.72 bits per heavy atom. The smallest absolute Gasteiger partial charge is 0.124 e. The number of hydrogen-bond acceptors (Lipinski definition) is 3. The minimum Gasteiger partial charge on any atom is -0.489 e. The quantitative estimate of drug-likeness (QED) is 0.836. The van der Waals surface area contributed by atoms with Crippen LogP contribution in [-0.2, 0) is 6.61 Å². The number of aryl methyl sites for hydroxylation is 1. The number of para-hydroxylation sites is 1. The summed E-state index contributed by atoms with van der Waals surface area (Å²) >= 11 is 0. The lowest BCUT2D eigenvalue weighted by Crippen LogP contribution is -2.01. The first-order valence-electron chi connectivity index (χ1n) is 5.67. The van der Waals surface area contributed by atoms with Gasteiger partial charge in [0.25, 0.3) is 0 Å². The van der Waals surface area contributed by atoms with Crippen molar-refractivity contribution in [3.63, 3.8) is 0 Å². The molecule has 0 aliphatic heterocycles. The van der Waals surface area contributed by atoms with Crippen molar-refractivity contribution >= 4 is 5.69 Å². The molecule has 2 aromatic rings. The molecular weight excluding hydrogens is 224 g/mol.